The van der Waals surface area contributed by atoms with Crippen molar-refractivity contribution in [3.63, 3.8) is 0 Å². The lowest BCUT2D eigenvalue weighted by Crippen LogP contribution is -2.81. The van der Waals surface area contributed by atoms with Gasteiger partial charge in [0.2, 0.25) is 5.91 Å². The largest absolute Gasteiger partial charge is 0.377 e. The highest BCUT2D eigenvalue weighted by atomic mass is 79.9. The third-order valence-electron chi connectivity index (χ3n) is 5.48. The second-order valence-electron chi connectivity index (χ2n) is 7.05. The molecule has 1 saturated carbocycles. The first-order chi connectivity index (χ1) is 10.3. The second-order valence-corrected chi connectivity index (χ2v) is 7.90. The van der Waals surface area contributed by atoms with E-state index in [1.807, 2.05) is 39.0 Å². The summed E-state index contributed by atoms with van der Waals surface area (Å²) in [5.74, 6) is -0.00114. The third kappa shape index (κ3) is 2.72. The van der Waals surface area contributed by atoms with E-state index in [0.29, 0.717) is 0 Å². The molecular formula is C17H24BrClN2O2. The number of nitrogens with two attached hydrogens (primary N) is 1. The fourth-order valence-corrected chi connectivity index (χ4v) is 4.24. The summed E-state index contributed by atoms with van der Waals surface area (Å²) in [6.07, 6.45) is 2.02. The molecule has 4 nitrogen and oxygen atoms in total. The van der Waals surface area contributed by atoms with Crippen molar-refractivity contribution in [3.05, 3.63) is 28.2 Å². The molecule has 2 aliphatic rings. The van der Waals surface area contributed by atoms with Crippen LogP contribution in [0.25, 0.3) is 0 Å². The molecule has 6 heteroatoms. The zero-order valence-electron chi connectivity index (χ0n) is 13.7. The van der Waals surface area contributed by atoms with Crippen LogP contribution >= 0.6 is 28.3 Å². The molecule has 1 aliphatic carbocycles. The maximum Gasteiger partial charge on any atom is 0.245 e. The number of hydrogen-bond acceptors (Lipinski definition) is 3. The fourth-order valence-electron chi connectivity index (χ4n) is 3.99. The average Bonchev–Trinajstić information content (AvgIpc) is 2.50. The van der Waals surface area contributed by atoms with E-state index in [2.05, 4.69) is 21.2 Å². The lowest BCUT2D eigenvalue weighted by atomic mass is 9.46. The Kier molecular flexibility index (Phi) is 5.17. The van der Waals surface area contributed by atoms with Crippen LogP contribution < -0.4 is 11.1 Å². The average molecular weight is 404 g/mol. The first kappa shape index (κ1) is 18.7. The van der Waals surface area contributed by atoms with Gasteiger partial charge in [-0.3, -0.25) is 4.79 Å². The summed E-state index contributed by atoms with van der Waals surface area (Å²) in [6.45, 7) is 6.84. The second kappa shape index (κ2) is 6.36. The van der Waals surface area contributed by atoms with E-state index >= 15 is 0 Å². The number of anilines is 1. The molecule has 3 atom stereocenters. The van der Waals surface area contributed by atoms with Gasteiger partial charge in [0.15, 0.2) is 0 Å². The molecule has 0 aromatic heterocycles. The highest BCUT2D eigenvalue weighted by molar-refractivity contribution is 9.10. The Balaban J connectivity index is 0.00000192. The molecule has 1 saturated heterocycles. The van der Waals surface area contributed by atoms with Gasteiger partial charge in [-0.15, -0.1) is 12.4 Å². The van der Waals surface area contributed by atoms with Crippen LogP contribution in [0.4, 0.5) is 5.69 Å². The Hall–Kier alpha value is -0.620. The maximum atomic E-state index is 12.9. The highest BCUT2D eigenvalue weighted by Crippen LogP contribution is 2.57. The molecule has 3 rings (SSSR count). The molecule has 128 valence electrons. The Morgan fingerprint density at radius 1 is 1.43 bits per heavy atom. The van der Waals surface area contributed by atoms with Crippen molar-refractivity contribution in [3.8, 4) is 0 Å². The van der Waals surface area contributed by atoms with Crippen molar-refractivity contribution in [2.24, 2.45) is 17.1 Å². The number of halogens is 2. The highest BCUT2D eigenvalue weighted by Gasteiger charge is 2.70. The van der Waals surface area contributed by atoms with Crippen LogP contribution in [0.3, 0.4) is 0 Å². The van der Waals surface area contributed by atoms with E-state index in [1.54, 1.807) is 0 Å². The molecule has 23 heavy (non-hydrogen) atoms. The summed E-state index contributed by atoms with van der Waals surface area (Å²) >= 11 is 3.47. The quantitative estimate of drug-likeness (QED) is 0.792. The normalized spacial score (nSPS) is 31.3. The minimum Gasteiger partial charge on any atom is -0.377 e. The summed E-state index contributed by atoms with van der Waals surface area (Å²) in [4.78, 5) is 12.9. The van der Waals surface area contributed by atoms with Crippen LogP contribution in [0.2, 0.25) is 0 Å². The van der Waals surface area contributed by atoms with Crippen molar-refractivity contribution in [1.29, 1.82) is 0 Å². The smallest absolute Gasteiger partial charge is 0.245 e. The summed E-state index contributed by atoms with van der Waals surface area (Å²) in [5, 5.41) is 3.00. The van der Waals surface area contributed by atoms with Crippen LogP contribution in [-0.2, 0) is 9.53 Å². The molecule has 3 unspecified atom stereocenters. The van der Waals surface area contributed by atoms with Crippen molar-refractivity contribution < 1.29 is 9.53 Å². The molecule has 3 N–H and O–H groups in total. The predicted molar refractivity (Wildman–Crippen MR) is 97.9 cm³/mol. The van der Waals surface area contributed by atoms with Crippen molar-refractivity contribution >= 4 is 39.9 Å². The third-order valence-corrected chi connectivity index (χ3v) is 6.37. The number of rotatable bonds is 2. The molecule has 2 fully saturated rings. The zero-order chi connectivity index (χ0) is 16.1. The standard InChI is InChI=1S/C17H23BrN2O2.ClH/c1-10-9-11(6-7-13(10)18)20-15(21)17(19)12-5-4-8-22-14(12)16(17,2)3;/h6-7,9,12,14H,4-5,8,19H2,1-3H3,(H,20,21);1H. The Morgan fingerprint density at radius 2 is 2.13 bits per heavy atom. The van der Waals surface area contributed by atoms with Crippen molar-refractivity contribution in [2.75, 3.05) is 11.9 Å². The number of benzene rings is 1. The van der Waals surface area contributed by atoms with Gasteiger partial charge in [0.1, 0.15) is 5.54 Å². The van der Waals surface area contributed by atoms with Gasteiger partial charge in [-0.2, -0.15) is 0 Å². The van der Waals surface area contributed by atoms with Crippen LogP contribution in [0.1, 0.15) is 32.3 Å². The number of nitrogens with one attached hydrogen (secondary N) is 1. The minimum absolute atomic E-state index is 0. The number of ether oxygens (including phenoxy) is 1. The van der Waals surface area contributed by atoms with Gasteiger partial charge in [-0.1, -0.05) is 29.8 Å². The molecular weight excluding hydrogens is 380 g/mol. The topological polar surface area (TPSA) is 64.4 Å². The van der Waals surface area contributed by atoms with Crippen LogP contribution in [0.5, 0.6) is 0 Å². The van der Waals surface area contributed by atoms with Gasteiger partial charge in [0.05, 0.1) is 6.10 Å². The van der Waals surface area contributed by atoms with E-state index < -0.39 is 5.54 Å². The van der Waals surface area contributed by atoms with Crippen molar-refractivity contribution in [2.45, 2.75) is 45.3 Å². The minimum atomic E-state index is -0.876. The van der Waals surface area contributed by atoms with Crippen LogP contribution in [-0.4, -0.2) is 24.2 Å². The molecule has 0 radical (unpaired) electrons. The maximum absolute atomic E-state index is 12.9. The van der Waals surface area contributed by atoms with Crippen LogP contribution in [0, 0.1) is 18.3 Å². The summed E-state index contributed by atoms with van der Waals surface area (Å²) in [7, 11) is 0. The van der Waals surface area contributed by atoms with Gasteiger partial charge in [0.25, 0.3) is 0 Å². The van der Waals surface area contributed by atoms with Gasteiger partial charge in [0, 0.05) is 28.1 Å². The Bertz CT molecular complexity index is 623. The lowest BCUT2D eigenvalue weighted by molar-refractivity contribution is -0.222. The van der Waals surface area contributed by atoms with Gasteiger partial charge >= 0.3 is 0 Å². The number of carbonyl (C=O) groups excluding carboxylic acids is 1. The van der Waals surface area contributed by atoms with E-state index in [4.69, 9.17) is 10.5 Å². The number of fused-ring (bicyclic) bond motifs is 1. The molecule has 1 amide bonds. The van der Waals surface area contributed by atoms with Gasteiger partial charge in [-0.25, -0.2) is 0 Å². The van der Waals surface area contributed by atoms with Gasteiger partial charge in [-0.05, 0) is 43.5 Å². The Morgan fingerprint density at radius 3 is 2.78 bits per heavy atom. The van der Waals surface area contributed by atoms with Gasteiger partial charge < -0.3 is 15.8 Å². The van der Waals surface area contributed by atoms with Crippen LogP contribution in [0.15, 0.2) is 22.7 Å². The number of hydrogen-bond donors (Lipinski definition) is 2. The first-order valence-corrected chi connectivity index (χ1v) is 8.56. The molecule has 1 aromatic carbocycles. The molecule has 0 bridgehead atoms. The molecule has 1 aliphatic heterocycles. The van der Waals surface area contributed by atoms with E-state index in [1.165, 1.54) is 0 Å². The number of amides is 1. The predicted octanol–water partition coefficient (Wildman–Crippen LogP) is 3.65. The van der Waals surface area contributed by atoms with E-state index in [9.17, 15) is 4.79 Å². The van der Waals surface area contributed by atoms with E-state index in [0.717, 1.165) is 35.2 Å². The van der Waals surface area contributed by atoms with Crippen molar-refractivity contribution in [1.82, 2.24) is 0 Å². The first-order valence-electron chi connectivity index (χ1n) is 7.76. The summed E-state index contributed by atoms with van der Waals surface area (Å²) < 4.78 is 6.88. The molecule has 1 aromatic rings. The van der Waals surface area contributed by atoms with E-state index in [-0.39, 0.29) is 35.8 Å². The number of aryl methyl sites for hydroxylation is 1. The molecule has 1 heterocycles. The zero-order valence-corrected chi connectivity index (χ0v) is 16.1. The summed E-state index contributed by atoms with van der Waals surface area (Å²) in [6, 6.07) is 5.78. The molecule has 0 spiro atoms. The fraction of sp³-hybridized carbons (Fsp3) is 0.588. The monoisotopic (exact) mass is 402 g/mol. The SMILES string of the molecule is Cc1cc(NC(=O)C2(N)C3CCCOC3C2(C)C)ccc1Br.Cl. The lowest BCUT2D eigenvalue weighted by Gasteiger charge is -2.65. The number of carbonyl (C=O) groups is 1. The summed E-state index contributed by atoms with van der Waals surface area (Å²) in [5.41, 5.74) is 7.23. The Labute approximate surface area is 152 Å².